The lowest BCUT2D eigenvalue weighted by Crippen LogP contribution is -2.39. The molecule has 1 atom stereocenters. The summed E-state index contributed by atoms with van der Waals surface area (Å²) in [6.45, 7) is 5.40. The van der Waals surface area contributed by atoms with Crippen LogP contribution in [0.4, 0.5) is 5.69 Å². The van der Waals surface area contributed by atoms with Crippen LogP contribution in [0.25, 0.3) is 0 Å². The zero-order valence-corrected chi connectivity index (χ0v) is 10.7. The van der Waals surface area contributed by atoms with E-state index in [1.165, 1.54) is 6.07 Å². The van der Waals surface area contributed by atoms with Gasteiger partial charge >= 0.3 is 5.97 Å². The maximum Gasteiger partial charge on any atom is 0.336 e. The normalized spacial score (nSPS) is 12.3. The Morgan fingerprint density at radius 3 is 2.44 bits per heavy atom. The number of aryl methyl sites for hydroxylation is 1. The molecular formula is C13H18N2O3. The van der Waals surface area contributed by atoms with E-state index in [9.17, 15) is 9.59 Å². The number of anilines is 1. The van der Waals surface area contributed by atoms with E-state index < -0.39 is 12.0 Å². The Hall–Kier alpha value is -1.88. The van der Waals surface area contributed by atoms with Crippen molar-refractivity contribution in [1.29, 1.82) is 0 Å². The third kappa shape index (κ3) is 3.30. The van der Waals surface area contributed by atoms with E-state index in [4.69, 9.17) is 10.8 Å². The number of hydrogen-bond donors (Lipinski definition) is 3. The van der Waals surface area contributed by atoms with E-state index >= 15 is 0 Å². The first-order valence-electron chi connectivity index (χ1n) is 5.73. The molecule has 0 fully saturated rings. The van der Waals surface area contributed by atoms with Crippen molar-refractivity contribution >= 4 is 17.6 Å². The van der Waals surface area contributed by atoms with Crippen LogP contribution in [0.2, 0.25) is 0 Å². The smallest absolute Gasteiger partial charge is 0.336 e. The molecule has 1 amide bonds. The molecule has 0 heterocycles. The molecule has 0 spiro atoms. The number of carbonyl (C=O) groups excluding carboxylic acids is 1. The number of nitrogens with one attached hydrogen (secondary N) is 1. The summed E-state index contributed by atoms with van der Waals surface area (Å²) in [5.74, 6) is -1.31. The highest BCUT2D eigenvalue weighted by Crippen LogP contribution is 2.16. The van der Waals surface area contributed by atoms with Crippen molar-refractivity contribution in [2.45, 2.75) is 26.8 Å². The van der Waals surface area contributed by atoms with Crippen LogP contribution in [0, 0.1) is 12.8 Å². The molecule has 0 saturated carbocycles. The molecule has 1 aromatic rings. The highest BCUT2D eigenvalue weighted by Gasteiger charge is 2.17. The predicted octanol–water partition coefficient (Wildman–Crippen LogP) is 1.62. The van der Waals surface area contributed by atoms with Crippen LogP contribution in [0.1, 0.15) is 29.8 Å². The second-order valence-electron chi connectivity index (χ2n) is 4.59. The van der Waals surface area contributed by atoms with Crippen LogP contribution in [-0.4, -0.2) is 23.0 Å². The van der Waals surface area contributed by atoms with E-state index in [1.807, 2.05) is 13.8 Å². The van der Waals surface area contributed by atoms with Crippen molar-refractivity contribution in [2.75, 3.05) is 5.32 Å². The van der Waals surface area contributed by atoms with Gasteiger partial charge in [0.1, 0.15) is 0 Å². The van der Waals surface area contributed by atoms with Gasteiger partial charge in [-0.1, -0.05) is 19.9 Å². The molecule has 0 aliphatic heterocycles. The maximum absolute atomic E-state index is 11.7. The molecule has 5 heteroatoms. The molecule has 4 N–H and O–H groups in total. The minimum atomic E-state index is -1.02. The second kappa shape index (κ2) is 5.64. The van der Waals surface area contributed by atoms with Crippen molar-refractivity contribution in [1.82, 2.24) is 0 Å². The van der Waals surface area contributed by atoms with Crippen LogP contribution >= 0.6 is 0 Å². The summed E-state index contributed by atoms with van der Waals surface area (Å²) in [6, 6.07) is 4.13. The van der Waals surface area contributed by atoms with Crippen molar-refractivity contribution in [2.24, 2.45) is 11.7 Å². The predicted molar refractivity (Wildman–Crippen MR) is 69.6 cm³/mol. The van der Waals surface area contributed by atoms with Gasteiger partial charge in [-0.05, 0) is 30.5 Å². The number of hydrogen-bond acceptors (Lipinski definition) is 3. The van der Waals surface area contributed by atoms with Crippen molar-refractivity contribution in [3.8, 4) is 0 Å². The second-order valence-corrected chi connectivity index (χ2v) is 4.59. The largest absolute Gasteiger partial charge is 0.478 e. The number of rotatable bonds is 4. The van der Waals surface area contributed by atoms with Gasteiger partial charge < -0.3 is 16.2 Å². The van der Waals surface area contributed by atoms with Gasteiger partial charge in [0.2, 0.25) is 5.91 Å². The van der Waals surface area contributed by atoms with E-state index in [0.29, 0.717) is 11.3 Å². The van der Waals surface area contributed by atoms with Crippen LogP contribution in [0.5, 0.6) is 0 Å². The number of amides is 1. The van der Waals surface area contributed by atoms with Gasteiger partial charge in [0.25, 0.3) is 0 Å². The van der Waals surface area contributed by atoms with Gasteiger partial charge in [-0.15, -0.1) is 0 Å². The molecule has 0 unspecified atom stereocenters. The molecule has 98 valence electrons. The molecule has 18 heavy (non-hydrogen) atoms. The molecule has 0 aliphatic carbocycles. The topological polar surface area (TPSA) is 92.4 Å². The molecule has 0 radical (unpaired) electrons. The lowest BCUT2D eigenvalue weighted by atomic mass is 10.0. The monoisotopic (exact) mass is 250 g/mol. The summed E-state index contributed by atoms with van der Waals surface area (Å²) in [5, 5.41) is 11.6. The molecule has 0 saturated heterocycles. The van der Waals surface area contributed by atoms with Gasteiger partial charge in [0.15, 0.2) is 0 Å². The van der Waals surface area contributed by atoms with Crippen LogP contribution in [-0.2, 0) is 4.79 Å². The zero-order chi connectivity index (χ0) is 13.9. The number of nitrogens with two attached hydrogens (primary N) is 1. The first-order valence-corrected chi connectivity index (χ1v) is 5.73. The number of benzene rings is 1. The third-order valence-corrected chi connectivity index (χ3v) is 2.76. The highest BCUT2D eigenvalue weighted by atomic mass is 16.4. The molecule has 1 rings (SSSR count). The summed E-state index contributed by atoms with van der Waals surface area (Å²) in [7, 11) is 0. The summed E-state index contributed by atoms with van der Waals surface area (Å²) in [5.41, 5.74) is 6.97. The molecule has 0 aliphatic rings. The summed E-state index contributed by atoms with van der Waals surface area (Å²) >= 11 is 0. The van der Waals surface area contributed by atoms with Crippen molar-refractivity contribution in [3.05, 3.63) is 29.3 Å². The van der Waals surface area contributed by atoms with Gasteiger partial charge in [-0.2, -0.15) is 0 Å². The minimum Gasteiger partial charge on any atom is -0.478 e. The van der Waals surface area contributed by atoms with E-state index in [0.717, 1.165) is 0 Å². The summed E-state index contributed by atoms with van der Waals surface area (Å²) in [4.78, 5) is 22.7. The van der Waals surface area contributed by atoms with E-state index in [-0.39, 0.29) is 17.4 Å². The zero-order valence-electron chi connectivity index (χ0n) is 10.7. The maximum atomic E-state index is 11.7. The van der Waals surface area contributed by atoms with Crippen LogP contribution < -0.4 is 11.1 Å². The fraction of sp³-hybridized carbons (Fsp3) is 0.385. The Kier molecular flexibility index (Phi) is 4.44. The number of carboxylic acid groups (broad SMARTS) is 1. The third-order valence-electron chi connectivity index (χ3n) is 2.76. The molecule has 0 aromatic heterocycles. The standard InChI is InChI=1S/C13H18N2O3/c1-7(2)11(14)12(16)15-9-5-4-8(3)10(6-9)13(17)18/h4-7,11H,14H2,1-3H3,(H,15,16)(H,17,18)/t11-/m1/s1. The Morgan fingerprint density at radius 2 is 1.94 bits per heavy atom. The average molecular weight is 250 g/mol. The lowest BCUT2D eigenvalue weighted by molar-refractivity contribution is -0.118. The first-order chi connectivity index (χ1) is 8.32. The van der Waals surface area contributed by atoms with Gasteiger partial charge in [-0.25, -0.2) is 4.79 Å². The number of aromatic carboxylic acids is 1. The first kappa shape index (κ1) is 14.2. The fourth-order valence-corrected chi connectivity index (χ4v) is 1.46. The molecule has 0 bridgehead atoms. The van der Waals surface area contributed by atoms with Crippen LogP contribution in [0.3, 0.4) is 0 Å². The van der Waals surface area contributed by atoms with Gasteiger partial charge in [0, 0.05) is 5.69 Å². The Bertz CT molecular complexity index is 469. The van der Waals surface area contributed by atoms with E-state index in [1.54, 1.807) is 19.1 Å². The van der Waals surface area contributed by atoms with E-state index in [2.05, 4.69) is 5.32 Å². The quantitative estimate of drug-likeness (QED) is 0.757. The van der Waals surface area contributed by atoms with Crippen molar-refractivity contribution in [3.63, 3.8) is 0 Å². The molecule has 1 aromatic carbocycles. The van der Waals surface area contributed by atoms with Gasteiger partial charge in [-0.3, -0.25) is 4.79 Å². The lowest BCUT2D eigenvalue weighted by Gasteiger charge is -2.15. The number of carbonyl (C=O) groups is 2. The molecule has 5 nitrogen and oxygen atoms in total. The fourth-order valence-electron chi connectivity index (χ4n) is 1.46. The Morgan fingerprint density at radius 1 is 1.33 bits per heavy atom. The Labute approximate surface area is 106 Å². The Balaban J connectivity index is 2.89. The average Bonchev–Trinajstić information content (AvgIpc) is 2.29. The van der Waals surface area contributed by atoms with Crippen LogP contribution in [0.15, 0.2) is 18.2 Å². The minimum absolute atomic E-state index is 0.0226. The summed E-state index contributed by atoms with van der Waals surface area (Å²) in [6.07, 6.45) is 0. The SMILES string of the molecule is Cc1ccc(NC(=O)[C@H](N)C(C)C)cc1C(=O)O. The molecular weight excluding hydrogens is 232 g/mol. The van der Waals surface area contributed by atoms with Gasteiger partial charge in [0.05, 0.1) is 11.6 Å². The highest BCUT2D eigenvalue weighted by molar-refractivity contribution is 5.97. The van der Waals surface area contributed by atoms with Crippen molar-refractivity contribution < 1.29 is 14.7 Å². The number of carboxylic acids is 1. The summed E-state index contributed by atoms with van der Waals surface area (Å²) < 4.78 is 0.